The average molecular weight is 133 g/mol. The van der Waals surface area contributed by atoms with Crippen molar-refractivity contribution in [3.05, 3.63) is 0 Å². The third kappa shape index (κ3) is 1.16. The second-order valence-electron chi connectivity index (χ2n) is 2.14. The topological polar surface area (TPSA) is 46.2 Å². The molecule has 1 fully saturated rings. The van der Waals surface area contributed by atoms with E-state index in [0.717, 1.165) is 11.5 Å². The van der Waals surface area contributed by atoms with Crippen LogP contribution in [0.4, 0.5) is 0 Å². The number of aliphatic hydroxyl groups is 1. The lowest BCUT2D eigenvalue weighted by Gasteiger charge is -2.08. The molecule has 48 valence electrons. The zero-order valence-corrected chi connectivity index (χ0v) is 5.53. The number of nitrogens with two attached hydrogens (primary N) is 1. The molecular weight excluding hydrogens is 122 g/mol. The van der Waals surface area contributed by atoms with Crippen LogP contribution in [0.1, 0.15) is 0 Å². The van der Waals surface area contributed by atoms with Crippen molar-refractivity contribution in [2.45, 2.75) is 6.04 Å². The van der Waals surface area contributed by atoms with E-state index in [1.165, 1.54) is 0 Å². The van der Waals surface area contributed by atoms with Crippen molar-refractivity contribution in [3.63, 3.8) is 0 Å². The Morgan fingerprint density at radius 1 is 1.62 bits per heavy atom. The van der Waals surface area contributed by atoms with Gasteiger partial charge in [-0.2, -0.15) is 11.8 Å². The van der Waals surface area contributed by atoms with Gasteiger partial charge in [0.2, 0.25) is 0 Å². The first-order chi connectivity index (χ1) is 3.84. The van der Waals surface area contributed by atoms with Crippen LogP contribution in [0.5, 0.6) is 0 Å². The third-order valence-corrected chi connectivity index (χ3v) is 2.77. The molecule has 2 nitrogen and oxygen atoms in total. The molecule has 1 heterocycles. The SMILES string of the molecule is N[C@@H]1CSC[C@@H]1CO. The minimum Gasteiger partial charge on any atom is -0.396 e. The zero-order valence-electron chi connectivity index (χ0n) is 4.71. The Morgan fingerprint density at radius 3 is 2.62 bits per heavy atom. The zero-order chi connectivity index (χ0) is 5.98. The van der Waals surface area contributed by atoms with Gasteiger partial charge in [0, 0.05) is 24.3 Å². The molecule has 0 amide bonds. The van der Waals surface area contributed by atoms with Gasteiger partial charge in [-0.05, 0) is 5.75 Å². The maximum absolute atomic E-state index is 8.64. The number of hydrogen-bond donors (Lipinski definition) is 2. The first-order valence-electron chi connectivity index (χ1n) is 2.78. The Hall–Kier alpha value is 0.270. The quantitative estimate of drug-likeness (QED) is 0.515. The van der Waals surface area contributed by atoms with Crippen molar-refractivity contribution in [2.24, 2.45) is 11.7 Å². The van der Waals surface area contributed by atoms with Crippen molar-refractivity contribution in [1.29, 1.82) is 0 Å². The number of rotatable bonds is 1. The molecular formula is C5H11NOS. The molecule has 0 aromatic rings. The van der Waals surface area contributed by atoms with Gasteiger partial charge in [0.15, 0.2) is 0 Å². The molecule has 0 aliphatic carbocycles. The Morgan fingerprint density at radius 2 is 2.38 bits per heavy atom. The van der Waals surface area contributed by atoms with Crippen LogP contribution in [0.25, 0.3) is 0 Å². The van der Waals surface area contributed by atoms with Gasteiger partial charge in [0.05, 0.1) is 0 Å². The van der Waals surface area contributed by atoms with Gasteiger partial charge in [0.1, 0.15) is 0 Å². The molecule has 1 rings (SSSR count). The minimum absolute atomic E-state index is 0.241. The first kappa shape index (κ1) is 6.39. The van der Waals surface area contributed by atoms with Gasteiger partial charge in [-0.3, -0.25) is 0 Å². The van der Waals surface area contributed by atoms with Crippen molar-refractivity contribution in [3.8, 4) is 0 Å². The number of thioether (sulfide) groups is 1. The third-order valence-electron chi connectivity index (χ3n) is 1.48. The predicted octanol–water partition coefficient (Wildman–Crippen LogP) is -0.331. The fourth-order valence-corrected chi connectivity index (χ4v) is 2.14. The summed E-state index contributed by atoms with van der Waals surface area (Å²) in [5.41, 5.74) is 5.61. The van der Waals surface area contributed by atoms with E-state index in [4.69, 9.17) is 10.8 Å². The molecule has 0 saturated carbocycles. The molecule has 1 aliphatic rings. The van der Waals surface area contributed by atoms with Crippen LogP contribution in [-0.2, 0) is 0 Å². The molecule has 0 bridgehead atoms. The maximum atomic E-state index is 8.64. The normalized spacial score (nSPS) is 38.2. The monoisotopic (exact) mass is 133 g/mol. The van der Waals surface area contributed by atoms with Crippen molar-refractivity contribution in [1.82, 2.24) is 0 Å². The Kier molecular flexibility index (Phi) is 2.16. The predicted molar refractivity (Wildman–Crippen MR) is 35.9 cm³/mol. The Labute approximate surface area is 53.5 Å². The largest absolute Gasteiger partial charge is 0.396 e. The van der Waals surface area contributed by atoms with Gasteiger partial charge in [-0.25, -0.2) is 0 Å². The summed E-state index contributed by atoms with van der Waals surface area (Å²) in [5.74, 6) is 2.42. The summed E-state index contributed by atoms with van der Waals surface area (Å²) in [6.07, 6.45) is 0. The highest BCUT2D eigenvalue weighted by Crippen LogP contribution is 2.21. The fourth-order valence-electron chi connectivity index (χ4n) is 0.803. The van der Waals surface area contributed by atoms with Crippen LogP contribution < -0.4 is 5.73 Å². The number of hydrogen-bond acceptors (Lipinski definition) is 3. The van der Waals surface area contributed by atoms with Crippen LogP contribution in [-0.4, -0.2) is 29.3 Å². The molecule has 2 atom stereocenters. The second kappa shape index (κ2) is 2.71. The van der Waals surface area contributed by atoms with Crippen molar-refractivity contribution in [2.75, 3.05) is 18.1 Å². The summed E-state index contributed by atoms with van der Waals surface area (Å²) in [4.78, 5) is 0. The van der Waals surface area contributed by atoms with E-state index in [2.05, 4.69) is 0 Å². The van der Waals surface area contributed by atoms with Gasteiger partial charge in [0.25, 0.3) is 0 Å². The molecule has 1 saturated heterocycles. The van der Waals surface area contributed by atoms with Gasteiger partial charge >= 0.3 is 0 Å². The van der Waals surface area contributed by atoms with E-state index in [1.54, 1.807) is 0 Å². The van der Waals surface area contributed by atoms with Gasteiger partial charge in [-0.15, -0.1) is 0 Å². The van der Waals surface area contributed by atoms with Crippen LogP contribution in [0, 0.1) is 5.92 Å². The van der Waals surface area contributed by atoms with Crippen LogP contribution in [0.15, 0.2) is 0 Å². The molecule has 0 spiro atoms. The summed E-state index contributed by atoms with van der Waals surface area (Å²) >= 11 is 1.83. The van der Waals surface area contributed by atoms with E-state index in [-0.39, 0.29) is 12.6 Å². The molecule has 0 radical (unpaired) electrons. The van der Waals surface area contributed by atoms with Crippen molar-refractivity contribution >= 4 is 11.8 Å². The summed E-state index contributed by atoms with van der Waals surface area (Å²) in [6, 6.07) is 0.241. The van der Waals surface area contributed by atoms with E-state index < -0.39 is 0 Å². The lowest BCUT2D eigenvalue weighted by Crippen LogP contribution is -2.30. The van der Waals surface area contributed by atoms with Crippen molar-refractivity contribution < 1.29 is 5.11 Å². The smallest absolute Gasteiger partial charge is 0.0482 e. The minimum atomic E-state index is 0.241. The molecule has 1 aliphatic heterocycles. The second-order valence-corrected chi connectivity index (χ2v) is 3.22. The van der Waals surface area contributed by atoms with E-state index >= 15 is 0 Å². The molecule has 8 heavy (non-hydrogen) atoms. The summed E-state index contributed by atoms with van der Waals surface area (Å²) in [7, 11) is 0. The van der Waals surface area contributed by atoms with Crippen LogP contribution in [0.3, 0.4) is 0 Å². The standard InChI is InChI=1S/C5H11NOS/c6-5-3-8-2-4(5)1-7/h4-5,7H,1-3,6H2/t4-,5+/m0/s1. The highest BCUT2D eigenvalue weighted by Gasteiger charge is 2.22. The highest BCUT2D eigenvalue weighted by atomic mass is 32.2. The maximum Gasteiger partial charge on any atom is 0.0482 e. The van der Waals surface area contributed by atoms with Gasteiger partial charge < -0.3 is 10.8 Å². The van der Waals surface area contributed by atoms with Crippen LogP contribution in [0.2, 0.25) is 0 Å². The average Bonchev–Trinajstić information content (AvgIpc) is 2.14. The Bertz CT molecular complexity index is 78.8. The molecule has 3 N–H and O–H groups in total. The van der Waals surface area contributed by atoms with E-state index in [1.807, 2.05) is 11.8 Å². The molecule has 0 aromatic carbocycles. The van der Waals surface area contributed by atoms with Gasteiger partial charge in [-0.1, -0.05) is 0 Å². The lowest BCUT2D eigenvalue weighted by atomic mass is 10.1. The molecule has 3 heteroatoms. The van der Waals surface area contributed by atoms with Crippen LogP contribution >= 0.6 is 11.8 Å². The van der Waals surface area contributed by atoms with E-state index in [0.29, 0.717) is 5.92 Å². The fraction of sp³-hybridized carbons (Fsp3) is 1.00. The lowest BCUT2D eigenvalue weighted by molar-refractivity contribution is 0.229. The Balaban J connectivity index is 2.30. The van der Waals surface area contributed by atoms with E-state index in [9.17, 15) is 0 Å². The summed E-state index contributed by atoms with van der Waals surface area (Å²) in [6.45, 7) is 0.258. The summed E-state index contributed by atoms with van der Waals surface area (Å²) < 4.78 is 0. The highest BCUT2D eigenvalue weighted by molar-refractivity contribution is 7.99. The molecule has 0 aromatic heterocycles. The molecule has 0 unspecified atom stereocenters. The number of aliphatic hydroxyl groups excluding tert-OH is 1. The summed E-state index contributed by atoms with van der Waals surface area (Å²) in [5, 5.41) is 8.64. The first-order valence-corrected chi connectivity index (χ1v) is 3.94.